The quantitative estimate of drug-likeness (QED) is 0.729. The third kappa shape index (κ3) is 4.10. The summed E-state index contributed by atoms with van der Waals surface area (Å²) in [5, 5.41) is 0. The minimum Gasteiger partial charge on any atom is -0.337 e. The Hall–Kier alpha value is -2.65. The van der Waals surface area contributed by atoms with E-state index in [4.69, 9.17) is 0 Å². The Morgan fingerprint density at radius 2 is 1.43 bits per heavy atom. The lowest BCUT2D eigenvalue weighted by molar-refractivity contribution is -0.127. The molecule has 0 N–H and O–H groups in total. The van der Waals surface area contributed by atoms with E-state index in [1.165, 1.54) is 35.3 Å². The van der Waals surface area contributed by atoms with Gasteiger partial charge in [-0.05, 0) is 24.3 Å². The SMILES string of the molecule is O=C(/C=C/c1ccccc1F)N1CCN(S(=O)(=O)c2c(F)cccc2F)CC1. The first-order valence-corrected chi connectivity index (χ1v) is 9.90. The molecule has 2 aromatic rings. The van der Waals surface area contributed by atoms with Crippen molar-refractivity contribution in [1.82, 2.24) is 9.21 Å². The van der Waals surface area contributed by atoms with Crippen molar-refractivity contribution in [1.29, 1.82) is 0 Å². The molecule has 0 bridgehead atoms. The first kappa shape index (κ1) is 20.1. The van der Waals surface area contributed by atoms with Gasteiger partial charge in [0, 0.05) is 37.8 Å². The number of amides is 1. The van der Waals surface area contributed by atoms with Crippen LogP contribution in [0.1, 0.15) is 5.56 Å². The number of hydrogen-bond acceptors (Lipinski definition) is 3. The molecule has 0 atom stereocenters. The summed E-state index contributed by atoms with van der Waals surface area (Å²) >= 11 is 0. The highest BCUT2D eigenvalue weighted by Gasteiger charge is 2.33. The fourth-order valence-electron chi connectivity index (χ4n) is 2.88. The zero-order valence-corrected chi connectivity index (χ0v) is 15.5. The zero-order valence-electron chi connectivity index (χ0n) is 14.7. The zero-order chi connectivity index (χ0) is 20.3. The number of carbonyl (C=O) groups excluding carboxylic acids is 1. The number of carbonyl (C=O) groups is 1. The summed E-state index contributed by atoms with van der Waals surface area (Å²) < 4.78 is 67.3. The number of sulfonamides is 1. The average Bonchev–Trinajstić information content (AvgIpc) is 2.67. The molecule has 1 fully saturated rings. The van der Waals surface area contributed by atoms with Gasteiger partial charge >= 0.3 is 0 Å². The highest BCUT2D eigenvalue weighted by Crippen LogP contribution is 2.23. The predicted molar refractivity (Wildman–Crippen MR) is 97.1 cm³/mol. The van der Waals surface area contributed by atoms with Crippen LogP contribution in [0.4, 0.5) is 13.2 Å². The first-order valence-electron chi connectivity index (χ1n) is 8.46. The Labute approximate surface area is 160 Å². The third-order valence-electron chi connectivity index (χ3n) is 4.38. The van der Waals surface area contributed by atoms with Crippen LogP contribution in [0.3, 0.4) is 0 Å². The summed E-state index contributed by atoms with van der Waals surface area (Å²) in [7, 11) is -4.36. The molecule has 0 saturated carbocycles. The minimum absolute atomic E-state index is 0.0513. The fraction of sp³-hybridized carbons (Fsp3) is 0.211. The molecule has 0 radical (unpaired) electrons. The smallest absolute Gasteiger partial charge is 0.249 e. The monoisotopic (exact) mass is 410 g/mol. The Balaban J connectivity index is 1.67. The van der Waals surface area contributed by atoms with Crippen LogP contribution in [-0.4, -0.2) is 49.7 Å². The third-order valence-corrected chi connectivity index (χ3v) is 6.33. The second kappa shape index (κ2) is 8.15. The molecule has 9 heteroatoms. The normalized spacial score (nSPS) is 15.9. The highest BCUT2D eigenvalue weighted by atomic mass is 32.2. The number of hydrogen-bond donors (Lipinski definition) is 0. The largest absolute Gasteiger partial charge is 0.337 e. The van der Waals surface area contributed by atoms with Crippen LogP contribution < -0.4 is 0 Å². The maximum Gasteiger partial charge on any atom is 0.249 e. The Kier molecular flexibility index (Phi) is 5.85. The van der Waals surface area contributed by atoms with E-state index in [0.717, 1.165) is 22.5 Å². The predicted octanol–water partition coefficient (Wildman–Crippen LogP) is 2.65. The van der Waals surface area contributed by atoms with Gasteiger partial charge in [0.25, 0.3) is 0 Å². The first-order chi connectivity index (χ1) is 13.3. The van der Waals surface area contributed by atoms with E-state index in [0.29, 0.717) is 0 Å². The van der Waals surface area contributed by atoms with Gasteiger partial charge in [-0.1, -0.05) is 24.3 Å². The summed E-state index contributed by atoms with van der Waals surface area (Å²) in [5.74, 6) is -3.19. The molecule has 3 rings (SSSR count). The second-order valence-electron chi connectivity index (χ2n) is 6.14. The molecule has 0 spiro atoms. The van der Waals surface area contributed by atoms with Crippen LogP contribution in [0.5, 0.6) is 0 Å². The van der Waals surface area contributed by atoms with Crippen LogP contribution in [-0.2, 0) is 14.8 Å². The van der Waals surface area contributed by atoms with Gasteiger partial charge in [0.2, 0.25) is 15.9 Å². The minimum atomic E-state index is -4.36. The second-order valence-corrected chi connectivity index (χ2v) is 8.01. The van der Waals surface area contributed by atoms with Gasteiger partial charge in [-0.2, -0.15) is 4.31 Å². The van der Waals surface area contributed by atoms with Gasteiger partial charge in [0.15, 0.2) is 4.90 Å². The molecule has 2 aromatic carbocycles. The van der Waals surface area contributed by atoms with Crippen LogP contribution in [0.15, 0.2) is 53.4 Å². The van der Waals surface area contributed by atoms with Gasteiger partial charge in [0.05, 0.1) is 0 Å². The molecule has 0 aliphatic carbocycles. The lowest BCUT2D eigenvalue weighted by Crippen LogP contribution is -2.50. The fourth-order valence-corrected chi connectivity index (χ4v) is 4.41. The van der Waals surface area contributed by atoms with Crippen LogP contribution in [0.25, 0.3) is 6.08 Å². The van der Waals surface area contributed by atoms with Gasteiger partial charge < -0.3 is 4.90 Å². The number of nitrogens with zero attached hydrogens (tertiary/aromatic N) is 2. The molecular formula is C19H17F3N2O3S. The Bertz CT molecular complexity index is 997. The highest BCUT2D eigenvalue weighted by molar-refractivity contribution is 7.89. The lowest BCUT2D eigenvalue weighted by atomic mass is 10.2. The number of halogens is 3. The van der Waals surface area contributed by atoms with E-state index >= 15 is 0 Å². The summed E-state index contributed by atoms with van der Waals surface area (Å²) in [6.07, 6.45) is 2.55. The summed E-state index contributed by atoms with van der Waals surface area (Å²) in [6.45, 7) is -0.101. The van der Waals surface area contributed by atoms with E-state index < -0.39 is 38.3 Å². The van der Waals surface area contributed by atoms with Crippen LogP contribution in [0.2, 0.25) is 0 Å². The van der Waals surface area contributed by atoms with E-state index in [9.17, 15) is 26.4 Å². The standard InChI is InChI=1S/C19H17F3N2O3S/c20-15-5-2-1-4-14(15)8-9-18(25)23-10-12-24(13-11-23)28(26,27)19-16(21)6-3-7-17(19)22/h1-9H,10-13H2/b9-8+. The van der Waals surface area contributed by atoms with E-state index in [-0.39, 0.29) is 31.7 Å². The van der Waals surface area contributed by atoms with Crippen molar-refractivity contribution in [2.45, 2.75) is 4.90 Å². The summed E-state index contributed by atoms with van der Waals surface area (Å²) in [6, 6.07) is 8.81. The van der Waals surface area contributed by atoms with Crippen LogP contribution in [0, 0.1) is 17.5 Å². The summed E-state index contributed by atoms with van der Waals surface area (Å²) in [4.78, 5) is 12.6. The van der Waals surface area contributed by atoms with E-state index in [2.05, 4.69) is 0 Å². The Morgan fingerprint density at radius 1 is 0.857 bits per heavy atom. The summed E-state index contributed by atoms with van der Waals surface area (Å²) in [5.41, 5.74) is 0.257. The van der Waals surface area contributed by atoms with Crippen molar-refractivity contribution >= 4 is 22.0 Å². The molecule has 148 valence electrons. The van der Waals surface area contributed by atoms with E-state index in [1.807, 2.05) is 0 Å². The number of rotatable bonds is 4. The van der Waals surface area contributed by atoms with Crippen molar-refractivity contribution < 1.29 is 26.4 Å². The molecule has 28 heavy (non-hydrogen) atoms. The van der Waals surface area contributed by atoms with Gasteiger partial charge in [-0.15, -0.1) is 0 Å². The molecular weight excluding hydrogens is 393 g/mol. The maximum absolute atomic E-state index is 13.9. The van der Waals surface area contributed by atoms with Gasteiger partial charge in [-0.25, -0.2) is 21.6 Å². The molecule has 1 aliphatic heterocycles. The van der Waals surface area contributed by atoms with Crippen molar-refractivity contribution in [3.63, 3.8) is 0 Å². The van der Waals surface area contributed by atoms with Gasteiger partial charge in [0.1, 0.15) is 17.5 Å². The average molecular weight is 410 g/mol. The molecule has 1 saturated heterocycles. The van der Waals surface area contributed by atoms with Crippen molar-refractivity contribution in [2.24, 2.45) is 0 Å². The lowest BCUT2D eigenvalue weighted by Gasteiger charge is -2.33. The molecule has 0 aromatic heterocycles. The molecule has 1 amide bonds. The molecule has 1 heterocycles. The van der Waals surface area contributed by atoms with Crippen LogP contribution >= 0.6 is 0 Å². The molecule has 1 aliphatic rings. The topological polar surface area (TPSA) is 57.7 Å². The van der Waals surface area contributed by atoms with Crippen molar-refractivity contribution in [2.75, 3.05) is 26.2 Å². The number of piperazine rings is 1. The molecule has 0 unspecified atom stereocenters. The number of benzene rings is 2. The van der Waals surface area contributed by atoms with E-state index in [1.54, 1.807) is 6.07 Å². The Morgan fingerprint density at radius 3 is 2.04 bits per heavy atom. The maximum atomic E-state index is 13.9. The van der Waals surface area contributed by atoms with Crippen molar-refractivity contribution in [3.8, 4) is 0 Å². The van der Waals surface area contributed by atoms with Gasteiger partial charge in [-0.3, -0.25) is 4.79 Å². The molecule has 5 nitrogen and oxygen atoms in total. The van der Waals surface area contributed by atoms with Crippen molar-refractivity contribution in [3.05, 3.63) is 71.6 Å².